The molecule has 1 heterocycles. The number of fused-ring (bicyclic) bond motifs is 1. The molecular weight excluding hydrogens is 268 g/mol. The van der Waals surface area contributed by atoms with Gasteiger partial charge in [-0.2, -0.15) is 0 Å². The summed E-state index contributed by atoms with van der Waals surface area (Å²) in [5.74, 6) is 0.155. The lowest BCUT2D eigenvalue weighted by atomic mass is 10.1. The molecule has 0 saturated carbocycles. The van der Waals surface area contributed by atoms with E-state index in [4.69, 9.17) is 9.84 Å². The van der Waals surface area contributed by atoms with Crippen molar-refractivity contribution in [3.63, 3.8) is 0 Å². The highest BCUT2D eigenvalue weighted by Crippen LogP contribution is 2.22. The van der Waals surface area contributed by atoms with Crippen molar-refractivity contribution in [2.24, 2.45) is 0 Å². The minimum absolute atomic E-state index is 0.213. The molecule has 1 N–H and O–H groups in total. The number of rotatable bonds is 7. The molecular formula is C16H22N2O3. The van der Waals surface area contributed by atoms with E-state index < -0.39 is 5.97 Å². The summed E-state index contributed by atoms with van der Waals surface area (Å²) in [6, 6.07) is 4.24. The maximum absolute atomic E-state index is 10.6. The third kappa shape index (κ3) is 3.61. The second-order valence-electron chi connectivity index (χ2n) is 5.39. The van der Waals surface area contributed by atoms with E-state index in [1.165, 1.54) is 11.1 Å². The zero-order chi connectivity index (χ0) is 15.4. The lowest BCUT2D eigenvalue weighted by molar-refractivity contribution is -0.137. The van der Waals surface area contributed by atoms with Gasteiger partial charge >= 0.3 is 5.97 Å². The predicted octanol–water partition coefficient (Wildman–Crippen LogP) is 3.05. The SMILES string of the molecule is COCc1nc2cc(C)c(C)cc2n1CCCCC(=O)O. The van der Waals surface area contributed by atoms with Crippen LogP contribution in [0.2, 0.25) is 0 Å². The van der Waals surface area contributed by atoms with E-state index in [9.17, 15) is 4.79 Å². The number of imidazole rings is 1. The van der Waals surface area contributed by atoms with Crippen LogP contribution in [0.4, 0.5) is 0 Å². The van der Waals surface area contributed by atoms with Gasteiger partial charge in [-0.05, 0) is 49.9 Å². The highest BCUT2D eigenvalue weighted by Gasteiger charge is 2.12. The van der Waals surface area contributed by atoms with E-state index in [2.05, 4.69) is 35.5 Å². The number of nitrogens with zero attached hydrogens (tertiary/aromatic N) is 2. The van der Waals surface area contributed by atoms with Gasteiger partial charge in [0.05, 0.1) is 11.0 Å². The van der Waals surface area contributed by atoms with Crippen LogP contribution in [-0.2, 0) is 22.7 Å². The summed E-state index contributed by atoms with van der Waals surface area (Å²) in [4.78, 5) is 15.2. The molecule has 0 aliphatic rings. The summed E-state index contributed by atoms with van der Waals surface area (Å²) in [7, 11) is 1.66. The fourth-order valence-electron chi connectivity index (χ4n) is 2.46. The third-order valence-electron chi connectivity index (χ3n) is 3.74. The van der Waals surface area contributed by atoms with Crippen LogP contribution < -0.4 is 0 Å². The van der Waals surface area contributed by atoms with Crippen molar-refractivity contribution in [1.29, 1.82) is 0 Å². The fraction of sp³-hybridized carbons (Fsp3) is 0.500. The average molecular weight is 290 g/mol. The Morgan fingerprint density at radius 2 is 2.00 bits per heavy atom. The molecule has 1 aromatic carbocycles. The van der Waals surface area contributed by atoms with Crippen molar-refractivity contribution in [3.8, 4) is 0 Å². The molecule has 5 heteroatoms. The Hall–Kier alpha value is -1.88. The summed E-state index contributed by atoms with van der Waals surface area (Å²) in [6.07, 6.45) is 1.71. The molecule has 0 aliphatic heterocycles. The van der Waals surface area contributed by atoms with Gasteiger partial charge in [-0.25, -0.2) is 4.98 Å². The van der Waals surface area contributed by atoms with E-state index in [-0.39, 0.29) is 6.42 Å². The maximum atomic E-state index is 10.6. The number of hydrogen-bond acceptors (Lipinski definition) is 3. The topological polar surface area (TPSA) is 64.4 Å². The Kier molecular flexibility index (Phi) is 4.96. The van der Waals surface area contributed by atoms with Crippen LogP contribution in [0.25, 0.3) is 11.0 Å². The zero-order valence-corrected chi connectivity index (χ0v) is 12.8. The lowest BCUT2D eigenvalue weighted by Gasteiger charge is -2.09. The normalized spacial score (nSPS) is 11.2. The molecule has 0 saturated heterocycles. The number of unbranched alkanes of at least 4 members (excludes halogenated alkanes) is 1. The molecule has 114 valence electrons. The molecule has 21 heavy (non-hydrogen) atoms. The number of hydrogen-bond donors (Lipinski definition) is 1. The summed E-state index contributed by atoms with van der Waals surface area (Å²) in [5, 5.41) is 8.71. The lowest BCUT2D eigenvalue weighted by Crippen LogP contribution is -2.06. The Bertz CT molecular complexity index is 646. The molecule has 0 fully saturated rings. The number of aromatic nitrogens is 2. The molecule has 0 unspecified atom stereocenters. The van der Waals surface area contributed by atoms with E-state index in [1.807, 2.05) is 0 Å². The summed E-state index contributed by atoms with van der Waals surface area (Å²) in [6.45, 7) is 5.40. The number of carbonyl (C=O) groups is 1. The number of aliphatic carboxylic acids is 1. The second kappa shape index (κ2) is 6.72. The molecule has 0 aliphatic carbocycles. The first kappa shape index (κ1) is 15.5. The Morgan fingerprint density at radius 1 is 1.29 bits per heavy atom. The van der Waals surface area contributed by atoms with Crippen LogP contribution >= 0.6 is 0 Å². The minimum Gasteiger partial charge on any atom is -0.481 e. The van der Waals surface area contributed by atoms with Crippen LogP contribution in [-0.4, -0.2) is 27.7 Å². The van der Waals surface area contributed by atoms with Gasteiger partial charge in [-0.15, -0.1) is 0 Å². The third-order valence-corrected chi connectivity index (χ3v) is 3.74. The number of methoxy groups -OCH3 is 1. The number of ether oxygens (including phenoxy) is 1. The number of carboxylic acid groups (broad SMARTS) is 1. The van der Waals surface area contributed by atoms with Gasteiger partial charge in [0.2, 0.25) is 0 Å². The Labute approximate surface area is 124 Å². The van der Waals surface area contributed by atoms with Gasteiger partial charge in [-0.3, -0.25) is 4.79 Å². The van der Waals surface area contributed by atoms with Crippen LogP contribution in [0.5, 0.6) is 0 Å². The standard InChI is InChI=1S/C16H22N2O3/c1-11-8-13-14(9-12(11)2)18(15(17-13)10-21-3)7-5-4-6-16(19)20/h8-9H,4-7,10H2,1-3H3,(H,19,20). The summed E-state index contributed by atoms with van der Waals surface area (Å²) < 4.78 is 7.37. The smallest absolute Gasteiger partial charge is 0.303 e. The monoisotopic (exact) mass is 290 g/mol. The predicted molar refractivity (Wildman–Crippen MR) is 81.4 cm³/mol. The quantitative estimate of drug-likeness (QED) is 0.796. The van der Waals surface area contributed by atoms with Gasteiger partial charge in [-0.1, -0.05) is 0 Å². The van der Waals surface area contributed by atoms with E-state index in [0.717, 1.165) is 29.8 Å². The summed E-state index contributed by atoms with van der Waals surface area (Å²) >= 11 is 0. The van der Waals surface area contributed by atoms with E-state index >= 15 is 0 Å². The molecule has 0 atom stereocenters. The first-order chi connectivity index (χ1) is 10.0. The van der Waals surface area contributed by atoms with Crippen molar-refractivity contribution < 1.29 is 14.6 Å². The van der Waals surface area contributed by atoms with Crippen LogP contribution in [0, 0.1) is 13.8 Å². The second-order valence-corrected chi connectivity index (χ2v) is 5.39. The van der Waals surface area contributed by atoms with Crippen LogP contribution in [0.1, 0.15) is 36.2 Å². The van der Waals surface area contributed by atoms with Crippen LogP contribution in [0.3, 0.4) is 0 Å². The zero-order valence-electron chi connectivity index (χ0n) is 12.8. The number of aryl methyl sites for hydroxylation is 3. The molecule has 0 radical (unpaired) electrons. The highest BCUT2D eigenvalue weighted by atomic mass is 16.5. The molecule has 0 bridgehead atoms. The number of benzene rings is 1. The maximum Gasteiger partial charge on any atom is 0.303 e. The average Bonchev–Trinajstić information content (AvgIpc) is 2.73. The van der Waals surface area contributed by atoms with Gasteiger partial charge in [0.25, 0.3) is 0 Å². The van der Waals surface area contributed by atoms with E-state index in [1.54, 1.807) is 7.11 Å². The molecule has 0 spiro atoms. The first-order valence-electron chi connectivity index (χ1n) is 7.20. The largest absolute Gasteiger partial charge is 0.481 e. The fourth-order valence-corrected chi connectivity index (χ4v) is 2.46. The highest BCUT2D eigenvalue weighted by molar-refractivity contribution is 5.78. The summed E-state index contributed by atoms with van der Waals surface area (Å²) in [5.41, 5.74) is 4.53. The molecule has 5 nitrogen and oxygen atoms in total. The van der Waals surface area contributed by atoms with Gasteiger partial charge < -0.3 is 14.4 Å². The van der Waals surface area contributed by atoms with Crippen molar-refractivity contribution in [2.75, 3.05) is 7.11 Å². The van der Waals surface area contributed by atoms with Crippen molar-refractivity contribution in [3.05, 3.63) is 29.1 Å². The van der Waals surface area contributed by atoms with Gasteiger partial charge in [0, 0.05) is 20.1 Å². The van der Waals surface area contributed by atoms with E-state index in [0.29, 0.717) is 13.0 Å². The van der Waals surface area contributed by atoms with Crippen LogP contribution in [0.15, 0.2) is 12.1 Å². The molecule has 0 amide bonds. The first-order valence-corrected chi connectivity index (χ1v) is 7.20. The van der Waals surface area contributed by atoms with Gasteiger partial charge in [0.1, 0.15) is 12.4 Å². The minimum atomic E-state index is -0.742. The van der Waals surface area contributed by atoms with Crippen molar-refractivity contribution in [2.45, 2.75) is 46.3 Å². The Balaban J connectivity index is 2.27. The Morgan fingerprint density at radius 3 is 2.67 bits per heavy atom. The molecule has 2 rings (SSSR count). The molecule has 1 aromatic heterocycles. The van der Waals surface area contributed by atoms with Crippen molar-refractivity contribution in [1.82, 2.24) is 9.55 Å². The molecule has 2 aromatic rings. The number of carboxylic acids is 1. The van der Waals surface area contributed by atoms with Crippen molar-refractivity contribution >= 4 is 17.0 Å². The van der Waals surface area contributed by atoms with Gasteiger partial charge in [0.15, 0.2) is 0 Å².